The molecule has 1 aromatic rings. The molecule has 0 saturated heterocycles. The Bertz CT molecular complexity index is 340. The Morgan fingerprint density at radius 2 is 2.07 bits per heavy atom. The molecule has 1 aliphatic rings. The molecule has 0 aliphatic carbocycles. The van der Waals surface area contributed by atoms with Crippen molar-refractivity contribution in [3.8, 4) is 0 Å². The lowest BCUT2D eigenvalue weighted by atomic mass is 10.1. The van der Waals surface area contributed by atoms with Crippen molar-refractivity contribution in [1.29, 1.82) is 0 Å². The van der Waals surface area contributed by atoms with E-state index in [1.54, 1.807) is 0 Å². The van der Waals surface area contributed by atoms with Gasteiger partial charge in [-0.15, -0.1) is 0 Å². The molecular weight excluding hydrogens is 180 g/mol. The van der Waals surface area contributed by atoms with Crippen LogP contribution in [0.4, 0.5) is 11.8 Å². The van der Waals surface area contributed by atoms with Crippen LogP contribution in [0, 0.1) is 0 Å². The number of rotatable bonds is 1. The molecule has 76 valence electrons. The molecule has 0 unspecified atom stereocenters. The number of anilines is 2. The van der Waals surface area contributed by atoms with E-state index in [1.165, 1.54) is 0 Å². The lowest BCUT2D eigenvalue weighted by molar-refractivity contribution is 0.146. The van der Waals surface area contributed by atoms with Crippen molar-refractivity contribution in [3.05, 3.63) is 11.3 Å². The van der Waals surface area contributed by atoms with E-state index < -0.39 is 0 Å². The molecule has 1 aliphatic heterocycles. The van der Waals surface area contributed by atoms with E-state index in [2.05, 4.69) is 15.3 Å². The van der Waals surface area contributed by atoms with E-state index in [0.29, 0.717) is 12.6 Å². The number of nitrogens with two attached hydrogens (primary N) is 1. The third-order valence-electron chi connectivity index (χ3n) is 2.33. The number of nitrogen functional groups attached to an aromatic ring is 1. The molecule has 0 bridgehead atoms. The summed E-state index contributed by atoms with van der Waals surface area (Å²) in [6, 6.07) is 0. The lowest BCUT2D eigenvalue weighted by Crippen LogP contribution is -2.09. The average Bonchev–Trinajstić information content (AvgIpc) is 2.41. The number of nitrogens with one attached hydrogen (secondary N) is 1. The molecule has 0 radical (unpaired) electrons. The van der Waals surface area contributed by atoms with Gasteiger partial charge < -0.3 is 15.8 Å². The normalized spacial score (nSPS) is 15.8. The second-order valence-corrected chi connectivity index (χ2v) is 3.22. The van der Waals surface area contributed by atoms with Crippen molar-refractivity contribution in [2.75, 3.05) is 31.3 Å². The highest BCUT2D eigenvalue weighted by Gasteiger charge is 2.14. The third kappa shape index (κ3) is 1.63. The highest BCUT2D eigenvalue weighted by molar-refractivity contribution is 5.49. The fraction of sp³-hybridized carbons (Fsp3) is 0.556. The molecule has 1 aromatic heterocycles. The maximum Gasteiger partial charge on any atom is 0.222 e. The Morgan fingerprint density at radius 3 is 2.86 bits per heavy atom. The fourth-order valence-corrected chi connectivity index (χ4v) is 1.67. The van der Waals surface area contributed by atoms with Crippen LogP contribution in [-0.2, 0) is 17.6 Å². The van der Waals surface area contributed by atoms with Gasteiger partial charge in [-0.05, 0) is 0 Å². The first kappa shape index (κ1) is 9.21. The first-order valence-corrected chi connectivity index (χ1v) is 4.72. The molecule has 0 saturated carbocycles. The largest absolute Gasteiger partial charge is 0.381 e. The quantitative estimate of drug-likeness (QED) is 0.669. The number of aromatic nitrogens is 2. The van der Waals surface area contributed by atoms with Gasteiger partial charge >= 0.3 is 0 Å². The van der Waals surface area contributed by atoms with Crippen LogP contribution in [0.1, 0.15) is 11.3 Å². The molecule has 2 rings (SSSR count). The lowest BCUT2D eigenvalue weighted by Gasteiger charge is -2.09. The van der Waals surface area contributed by atoms with Gasteiger partial charge in [0.15, 0.2) is 0 Å². The van der Waals surface area contributed by atoms with Gasteiger partial charge in [-0.1, -0.05) is 0 Å². The van der Waals surface area contributed by atoms with Crippen molar-refractivity contribution in [3.63, 3.8) is 0 Å². The van der Waals surface area contributed by atoms with Crippen molar-refractivity contribution < 1.29 is 4.74 Å². The summed E-state index contributed by atoms with van der Waals surface area (Å²) in [6.07, 6.45) is 1.67. The maximum atomic E-state index is 5.61. The minimum Gasteiger partial charge on any atom is -0.381 e. The number of ether oxygens (including phenoxy) is 1. The highest BCUT2D eigenvalue weighted by Crippen LogP contribution is 2.20. The summed E-state index contributed by atoms with van der Waals surface area (Å²) in [5, 5.41) is 3.04. The summed E-state index contributed by atoms with van der Waals surface area (Å²) in [4.78, 5) is 8.38. The minimum absolute atomic E-state index is 0.329. The van der Waals surface area contributed by atoms with Gasteiger partial charge in [0, 0.05) is 25.5 Å². The number of hydrogen-bond donors (Lipinski definition) is 2. The molecule has 3 N–H and O–H groups in total. The molecular formula is C9H14N4O. The summed E-state index contributed by atoms with van der Waals surface area (Å²) < 4.78 is 5.38. The van der Waals surface area contributed by atoms with E-state index in [9.17, 15) is 0 Å². The second-order valence-electron chi connectivity index (χ2n) is 3.22. The van der Waals surface area contributed by atoms with Crippen LogP contribution >= 0.6 is 0 Å². The van der Waals surface area contributed by atoms with Crippen LogP contribution < -0.4 is 11.1 Å². The molecule has 0 atom stereocenters. The van der Waals surface area contributed by atoms with E-state index in [1.807, 2.05) is 7.05 Å². The van der Waals surface area contributed by atoms with Gasteiger partial charge in [0.1, 0.15) is 5.82 Å². The zero-order valence-electron chi connectivity index (χ0n) is 8.21. The van der Waals surface area contributed by atoms with Gasteiger partial charge in [0.25, 0.3) is 0 Å². The van der Waals surface area contributed by atoms with Crippen LogP contribution in [-0.4, -0.2) is 30.2 Å². The van der Waals surface area contributed by atoms with Crippen molar-refractivity contribution in [2.24, 2.45) is 0 Å². The Balaban J connectivity index is 2.46. The Kier molecular flexibility index (Phi) is 2.49. The first-order valence-electron chi connectivity index (χ1n) is 4.72. The van der Waals surface area contributed by atoms with Crippen molar-refractivity contribution in [1.82, 2.24) is 9.97 Å². The highest BCUT2D eigenvalue weighted by atomic mass is 16.5. The maximum absolute atomic E-state index is 5.61. The zero-order valence-corrected chi connectivity index (χ0v) is 8.21. The SMILES string of the molecule is CNc1nc(N)nc2c1CCOCC2. The third-order valence-corrected chi connectivity index (χ3v) is 2.33. The van der Waals surface area contributed by atoms with Gasteiger partial charge in [-0.25, -0.2) is 4.98 Å². The first-order chi connectivity index (χ1) is 6.81. The number of nitrogens with zero attached hydrogens (tertiary/aromatic N) is 2. The van der Waals surface area contributed by atoms with Gasteiger partial charge in [-0.2, -0.15) is 4.98 Å². The zero-order chi connectivity index (χ0) is 9.97. The van der Waals surface area contributed by atoms with Crippen molar-refractivity contribution in [2.45, 2.75) is 12.8 Å². The molecule has 0 amide bonds. The number of hydrogen-bond acceptors (Lipinski definition) is 5. The Hall–Kier alpha value is -1.36. The van der Waals surface area contributed by atoms with Gasteiger partial charge in [-0.3, -0.25) is 0 Å². The predicted octanol–water partition coefficient (Wildman–Crippen LogP) is 0.216. The van der Waals surface area contributed by atoms with Crippen LogP contribution in [0.3, 0.4) is 0 Å². The smallest absolute Gasteiger partial charge is 0.222 e. The second kappa shape index (κ2) is 3.79. The van der Waals surface area contributed by atoms with Crippen LogP contribution in [0.5, 0.6) is 0 Å². The van der Waals surface area contributed by atoms with Gasteiger partial charge in [0.05, 0.1) is 18.9 Å². The minimum atomic E-state index is 0.329. The van der Waals surface area contributed by atoms with Crippen molar-refractivity contribution >= 4 is 11.8 Å². The van der Waals surface area contributed by atoms with Crippen LogP contribution in [0.15, 0.2) is 0 Å². The van der Waals surface area contributed by atoms with E-state index in [4.69, 9.17) is 10.5 Å². The molecule has 0 aromatic carbocycles. The predicted molar refractivity (Wildman–Crippen MR) is 54.2 cm³/mol. The molecule has 14 heavy (non-hydrogen) atoms. The Morgan fingerprint density at radius 1 is 1.29 bits per heavy atom. The Labute approximate surface area is 82.7 Å². The summed E-state index contributed by atoms with van der Waals surface area (Å²) in [6.45, 7) is 1.45. The van der Waals surface area contributed by atoms with E-state index in [0.717, 1.165) is 36.5 Å². The van der Waals surface area contributed by atoms with Crippen LogP contribution in [0.25, 0.3) is 0 Å². The summed E-state index contributed by atoms with van der Waals surface area (Å²) >= 11 is 0. The monoisotopic (exact) mass is 194 g/mol. The summed E-state index contributed by atoms with van der Waals surface area (Å²) in [7, 11) is 1.84. The standard InChI is InChI=1S/C9H14N4O/c1-11-8-6-2-4-14-5-3-7(6)12-9(10)13-8/h2-5H2,1H3,(H3,10,11,12,13). The summed E-state index contributed by atoms with van der Waals surface area (Å²) in [5.74, 6) is 1.16. The average molecular weight is 194 g/mol. The summed E-state index contributed by atoms with van der Waals surface area (Å²) in [5.41, 5.74) is 7.76. The molecule has 5 heteroatoms. The molecule has 0 fully saturated rings. The van der Waals surface area contributed by atoms with E-state index in [-0.39, 0.29) is 0 Å². The molecule has 2 heterocycles. The topological polar surface area (TPSA) is 73.1 Å². The molecule has 0 spiro atoms. The fourth-order valence-electron chi connectivity index (χ4n) is 1.67. The van der Waals surface area contributed by atoms with Crippen LogP contribution in [0.2, 0.25) is 0 Å². The number of fused-ring (bicyclic) bond motifs is 1. The van der Waals surface area contributed by atoms with E-state index >= 15 is 0 Å². The molecule has 5 nitrogen and oxygen atoms in total. The van der Waals surface area contributed by atoms with Gasteiger partial charge in [0.2, 0.25) is 5.95 Å².